The molecular weight excluding hydrogens is 356 g/mol. The number of rotatable bonds is 3. The molecule has 2 aromatic carbocycles. The number of fused-ring (bicyclic) bond motifs is 4. The summed E-state index contributed by atoms with van der Waals surface area (Å²) in [5.41, 5.74) is 3.06. The van der Waals surface area contributed by atoms with Gasteiger partial charge in [0.1, 0.15) is 5.52 Å². The molecule has 0 radical (unpaired) electrons. The van der Waals surface area contributed by atoms with E-state index in [1.807, 2.05) is 24.3 Å². The number of hydrogen-bond donors (Lipinski definition) is 1. The van der Waals surface area contributed by atoms with Crippen LogP contribution in [0, 0.1) is 0 Å². The molecule has 9 heteroatoms. The van der Waals surface area contributed by atoms with Gasteiger partial charge in [0.2, 0.25) is 6.79 Å². The maximum absolute atomic E-state index is 6.23. The fourth-order valence-electron chi connectivity index (χ4n) is 2.81. The zero-order chi connectivity index (χ0) is 17.5. The largest absolute Gasteiger partial charge is 0.454 e. The van der Waals surface area contributed by atoms with E-state index in [0.717, 1.165) is 16.5 Å². The Kier molecular flexibility index (Phi) is 3.42. The Morgan fingerprint density at radius 3 is 2.88 bits per heavy atom. The van der Waals surface area contributed by atoms with E-state index in [-0.39, 0.29) is 19.3 Å². The Morgan fingerprint density at radius 2 is 1.96 bits per heavy atom. The van der Waals surface area contributed by atoms with Crippen LogP contribution >= 0.6 is 11.6 Å². The van der Waals surface area contributed by atoms with Crippen LogP contribution < -0.4 is 9.47 Å². The number of azo groups is 1. The molecular formula is C17H11ClN6O2. The molecule has 26 heavy (non-hydrogen) atoms. The van der Waals surface area contributed by atoms with E-state index in [1.54, 1.807) is 12.1 Å². The summed E-state index contributed by atoms with van der Waals surface area (Å²) < 4.78 is 10.6. The number of benzene rings is 2. The summed E-state index contributed by atoms with van der Waals surface area (Å²) in [7, 11) is 0. The molecule has 0 spiro atoms. The molecule has 1 N–H and O–H groups in total. The van der Waals surface area contributed by atoms with Crippen molar-refractivity contribution >= 4 is 39.6 Å². The molecule has 0 saturated heterocycles. The lowest BCUT2D eigenvalue weighted by Crippen LogP contribution is -1.92. The number of ether oxygens (including phenoxy) is 2. The number of aromatic nitrogens is 4. The molecule has 3 heterocycles. The van der Waals surface area contributed by atoms with Gasteiger partial charge in [-0.15, -0.1) is 15.3 Å². The molecule has 0 atom stereocenters. The predicted octanol–water partition coefficient (Wildman–Crippen LogP) is 4.17. The molecule has 0 amide bonds. The van der Waals surface area contributed by atoms with Crippen molar-refractivity contribution in [1.82, 2.24) is 20.2 Å². The summed E-state index contributed by atoms with van der Waals surface area (Å²) in [6.45, 7) is 0.463. The summed E-state index contributed by atoms with van der Waals surface area (Å²) in [4.78, 5) is 7.55. The van der Waals surface area contributed by atoms with E-state index < -0.39 is 0 Å². The molecule has 0 fully saturated rings. The van der Waals surface area contributed by atoms with Gasteiger partial charge in [0.25, 0.3) is 5.95 Å². The van der Waals surface area contributed by atoms with Gasteiger partial charge in [0.05, 0.1) is 6.54 Å². The third kappa shape index (κ3) is 2.51. The van der Waals surface area contributed by atoms with Gasteiger partial charge >= 0.3 is 0 Å². The summed E-state index contributed by atoms with van der Waals surface area (Å²) in [6, 6.07) is 11.3. The maximum Gasteiger partial charge on any atom is 0.289 e. The van der Waals surface area contributed by atoms with Crippen LogP contribution in [0.3, 0.4) is 0 Å². The van der Waals surface area contributed by atoms with Gasteiger partial charge < -0.3 is 14.5 Å². The molecule has 2 aromatic heterocycles. The highest BCUT2D eigenvalue weighted by Crippen LogP contribution is 2.37. The molecule has 1 aliphatic rings. The van der Waals surface area contributed by atoms with Crippen molar-refractivity contribution < 1.29 is 9.47 Å². The third-order valence-corrected chi connectivity index (χ3v) is 4.41. The van der Waals surface area contributed by atoms with E-state index in [2.05, 4.69) is 30.4 Å². The summed E-state index contributed by atoms with van der Waals surface area (Å²) in [5.74, 6) is 1.46. The summed E-state index contributed by atoms with van der Waals surface area (Å²) in [6.07, 6.45) is 0. The minimum absolute atomic E-state index is 0.181. The van der Waals surface area contributed by atoms with Gasteiger partial charge in [-0.2, -0.15) is 10.1 Å². The Labute approximate surface area is 151 Å². The third-order valence-electron chi connectivity index (χ3n) is 4.05. The van der Waals surface area contributed by atoms with Crippen LogP contribution in [-0.2, 0) is 6.54 Å². The highest BCUT2D eigenvalue weighted by Gasteiger charge is 2.16. The van der Waals surface area contributed by atoms with Gasteiger partial charge in [-0.3, -0.25) is 0 Å². The molecule has 4 aromatic rings. The van der Waals surface area contributed by atoms with Crippen molar-refractivity contribution in [3.63, 3.8) is 0 Å². The van der Waals surface area contributed by atoms with E-state index in [1.165, 1.54) is 0 Å². The Hall–Kier alpha value is -3.26. The number of halogens is 1. The minimum Gasteiger partial charge on any atom is -0.454 e. The van der Waals surface area contributed by atoms with Crippen molar-refractivity contribution in [3.8, 4) is 11.5 Å². The van der Waals surface area contributed by atoms with Crippen molar-refractivity contribution in [2.45, 2.75) is 6.54 Å². The van der Waals surface area contributed by atoms with Crippen LogP contribution in [0.25, 0.3) is 22.1 Å². The minimum atomic E-state index is 0.181. The van der Waals surface area contributed by atoms with E-state index in [9.17, 15) is 0 Å². The normalized spacial score (nSPS) is 13.3. The standard InChI is InChI=1S/C17H11ClN6O2/c18-11-6-14-13(25-8-26-14)5-9(11)7-19-23-17-21-16-15(22-24-17)10-3-1-2-4-12(10)20-16/h1-6H,7-8H2,(H,20,21,24). The Balaban J connectivity index is 1.41. The number of aromatic amines is 1. The smallest absolute Gasteiger partial charge is 0.289 e. The van der Waals surface area contributed by atoms with Crippen molar-refractivity contribution in [2.75, 3.05) is 6.79 Å². The second-order valence-electron chi connectivity index (χ2n) is 5.68. The Morgan fingerprint density at radius 1 is 1.12 bits per heavy atom. The molecule has 1 aliphatic heterocycles. The zero-order valence-corrected chi connectivity index (χ0v) is 14.1. The van der Waals surface area contributed by atoms with Gasteiger partial charge in [-0.25, -0.2) is 0 Å². The first-order valence-corrected chi connectivity index (χ1v) is 8.22. The second kappa shape index (κ2) is 5.92. The zero-order valence-electron chi connectivity index (χ0n) is 13.3. The quantitative estimate of drug-likeness (QED) is 0.549. The molecule has 128 valence electrons. The number of hydrogen-bond acceptors (Lipinski definition) is 7. The lowest BCUT2D eigenvalue weighted by atomic mass is 10.2. The molecule has 0 unspecified atom stereocenters. The monoisotopic (exact) mass is 366 g/mol. The van der Waals surface area contributed by atoms with Gasteiger partial charge in [0, 0.05) is 22.0 Å². The lowest BCUT2D eigenvalue weighted by Gasteiger charge is -2.02. The van der Waals surface area contributed by atoms with Crippen LogP contribution in [0.15, 0.2) is 46.6 Å². The highest BCUT2D eigenvalue weighted by molar-refractivity contribution is 6.31. The maximum atomic E-state index is 6.23. The van der Waals surface area contributed by atoms with E-state index in [0.29, 0.717) is 27.7 Å². The van der Waals surface area contributed by atoms with E-state index >= 15 is 0 Å². The Bertz CT molecular complexity index is 1170. The number of nitrogens with one attached hydrogen (secondary N) is 1. The average molecular weight is 367 g/mol. The van der Waals surface area contributed by atoms with Crippen LogP contribution in [0.2, 0.25) is 5.02 Å². The first-order chi connectivity index (χ1) is 12.8. The first kappa shape index (κ1) is 15.0. The average Bonchev–Trinajstić information content (AvgIpc) is 3.25. The number of H-pyrrole nitrogens is 1. The first-order valence-electron chi connectivity index (χ1n) is 7.84. The fourth-order valence-corrected chi connectivity index (χ4v) is 3.02. The molecule has 0 bridgehead atoms. The lowest BCUT2D eigenvalue weighted by molar-refractivity contribution is 0.174. The van der Waals surface area contributed by atoms with Crippen LogP contribution in [0.4, 0.5) is 5.95 Å². The van der Waals surface area contributed by atoms with Gasteiger partial charge in [-0.05, 0) is 17.7 Å². The van der Waals surface area contributed by atoms with Crippen molar-refractivity contribution in [3.05, 3.63) is 47.0 Å². The summed E-state index contributed by atoms with van der Waals surface area (Å²) >= 11 is 6.23. The molecule has 0 saturated carbocycles. The summed E-state index contributed by atoms with van der Waals surface area (Å²) in [5, 5.41) is 17.9. The predicted molar refractivity (Wildman–Crippen MR) is 95.0 cm³/mol. The van der Waals surface area contributed by atoms with Gasteiger partial charge in [-0.1, -0.05) is 29.8 Å². The number of nitrogens with zero attached hydrogens (tertiary/aromatic N) is 5. The van der Waals surface area contributed by atoms with Crippen LogP contribution in [0.1, 0.15) is 5.56 Å². The highest BCUT2D eigenvalue weighted by atomic mass is 35.5. The van der Waals surface area contributed by atoms with Crippen molar-refractivity contribution in [1.29, 1.82) is 0 Å². The van der Waals surface area contributed by atoms with Crippen molar-refractivity contribution in [2.24, 2.45) is 10.2 Å². The molecule has 5 rings (SSSR count). The van der Waals surface area contributed by atoms with Gasteiger partial charge in [0.15, 0.2) is 17.1 Å². The second-order valence-corrected chi connectivity index (χ2v) is 6.08. The number of para-hydroxylation sites is 1. The molecule has 8 nitrogen and oxygen atoms in total. The fraction of sp³-hybridized carbons (Fsp3) is 0.118. The van der Waals surface area contributed by atoms with E-state index in [4.69, 9.17) is 21.1 Å². The topological polar surface area (TPSA) is 97.6 Å². The molecule has 0 aliphatic carbocycles. The van der Waals surface area contributed by atoms with Crippen LogP contribution in [-0.4, -0.2) is 27.0 Å². The van der Waals surface area contributed by atoms with Crippen LogP contribution in [0.5, 0.6) is 11.5 Å². The SMILES string of the molecule is Clc1cc2c(cc1CN=Nc1nnc3c(n1)[nH]c1ccccc13)OCO2.